The number of likely N-dealkylation sites (N-methyl/N-ethyl adjacent to an activating group) is 1. The van der Waals surface area contributed by atoms with Gasteiger partial charge < -0.3 is 38.1 Å². The van der Waals surface area contributed by atoms with E-state index in [1.807, 2.05) is 33.3 Å². The normalized spacial score (nSPS) is 19.2. The van der Waals surface area contributed by atoms with E-state index in [-0.39, 0.29) is 50.1 Å². The van der Waals surface area contributed by atoms with Gasteiger partial charge in [0.1, 0.15) is 25.5 Å². The fraction of sp³-hybridized carbons (Fsp3) is 0.745. The molecule has 1 fully saturated rings. The van der Waals surface area contributed by atoms with Crippen LogP contribution < -0.4 is 4.89 Å². The monoisotopic (exact) mass is 922 g/mol. The van der Waals surface area contributed by atoms with Gasteiger partial charge in [-0.2, -0.15) is 0 Å². The van der Waals surface area contributed by atoms with Crippen molar-refractivity contribution >= 4 is 25.5 Å². The van der Waals surface area contributed by atoms with E-state index in [0.717, 1.165) is 70.6 Å². The second-order valence-corrected chi connectivity index (χ2v) is 19.7. The van der Waals surface area contributed by atoms with E-state index in [9.17, 15) is 34.1 Å². The maximum absolute atomic E-state index is 12.8. The SMILES string of the molecule is CCCCCC/C=C\C/C=C\C/C=C\CCCCCCCCC(=O)O[C@H](COC(=O)CCC/C=C\C[C@H]1C(=O)C[C@@H](O)[C@@H]1/C=C/[C@@H](O)CCCCC)COP(=O)([O-])OCC[N+](C)(C)C. The highest BCUT2D eigenvalue weighted by Gasteiger charge is 2.39. The van der Waals surface area contributed by atoms with E-state index in [0.29, 0.717) is 43.1 Å². The maximum atomic E-state index is 12.8. The summed E-state index contributed by atoms with van der Waals surface area (Å²) in [4.78, 5) is 50.4. The molecule has 12 nitrogen and oxygen atoms in total. The van der Waals surface area contributed by atoms with Gasteiger partial charge in [-0.05, 0) is 70.6 Å². The fourth-order valence-electron chi connectivity index (χ4n) is 7.17. The van der Waals surface area contributed by atoms with Crippen molar-refractivity contribution in [1.29, 1.82) is 0 Å². The predicted octanol–water partition coefficient (Wildman–Crippen LogP) is 10.4. The molecular formula is C51H88NO11P. The summed E-state index contributed by atoms with van der Waals surface area (Å²) < 4.78 is 33.9. The minimum absolute atomic E-state index is 0.00450. The standard InChI is InChI=1S/C51H88NO11P/c1-6-8-10-11-12-13-14-15-16-17-18-19-20-21-22-23-24-25-26-32-36-51(57)63-45(43-62-64(58,59)61-40-39-52(3,4)5)42-60-50(56)35-31-28-27-30-34-46-47(49(55)41-48(46)54)38-37-44(53)33-29-9-7-2/h13-14,16-17,19-20,27,30,37-38,44-47,49,53,55H,6-12,15,18,21-26,28-29,31-36,39-43H2,1-5H3/b14-13-,17-16-,20-19-,30-27-,38-37+/t44-,45+,46+,47+,49+/m0/s1. The van der Waals surface area contributed by atoms with Gasteiger partial charge in [-0.3, -0.25) is 18.9 Å². The first kappa shape index (κ1) is 59.3. The van der Waals surface area contributed by atoms with Gasteiger partial charge in [0.05, 0.1) is 40.0 Å². The fourth-order valence-corrected chi connectivity index (χ4v) is 7.90. The van der Waals surface area contributed by atoms with Crippen LogP contribution in [0.15, 0.2) is 60.8 Å². The van der Waals surface area contributed by atoms with Gasteiger partial charge in [-0.15, -0.1) is 0 Å². The number of hydrogen-bond donors (Lipinski definition) is 2. The van der Waals surface area contributed by atoms with Crippen LogP contribution in [0.5, 0.6) is 0 Å². The van der Waals surface area contributed by atoms with Crippen molar-refractivity contribution in [3.8, 4) is 0 Å². The molecule has 0 heterocycles. The van der Waals surface area contributed by atoms with Crippen molar-refractivity contribution in [2.75, 3.05) is 47.5 Å². The first-order chi connectivity index (χ1) is 30.7. The van der Waals surface area contributed by atoms with Crippen LogP contribution in [0.2, 0.25) is 0 Å². The smallest absolute Gasteiger partial charge is 0.306 e. The van der Waals surface area contributed by atoms with Gasteiger partial charge in [-0.1, -0.05) is 139 Å². The molecule has 13 heteroatoms. The molecule has 0 bridgehead atoms. The molecule has 0 aromatic heterocycles. The van der Waals surface area contributed by atoms with Crippen LogP contribution in [0.1, 0.15) is 168 Å². The first-order valence-corrected chi connectivity index (χ1v) is 26.1. The molecule has 368 valence electrons. The van der Waals surface area contributed by atoms with Crippen LogP contribution >= 0.6 is 7.82 Å². The molecule has 1 aliphatic rings. The Morgan fingerprint density at radius 1 is 0.750 bits per heavy atom. The highest BCUT2D eigenvalue weighted by molar-refractivity contribution is 7.45. The number of phosphoric acid groups is 1. The van der Waals surface area contributed by atoms with Gasteiger partial charge in [-0.25, -0.2) is 0 Å². The summed E-state index contributed by atoms with van der Waals surface area (Å²) in [6.45, 7) is 3.78. The summed E-state index contributed by atoms with van der Waals surface area (Å²) in [5, 5.41) is 20.7. The highest BCUT2D eigenvalue weighted by Crippen LogP contribution is 2.38. The Morgan fingerprint density at radius 2 is 1.31 bits per heavy atom. The molecule has 6 atom stereocenters. The molecule has 0 aromatic rings. The molecule has 0 aromatic carbocycles. The number of aliphatic hydroxyl groups is 2. The Labute approximate surface area is 387 Å². The number of allylic oxidation sites excluding steroid dienone is 8. The number of ketones is 1. The average Bonchev–Trinajstić information content (AvgIpc) is 3.51. The lowest BCUT2D eigenvalue weighted by Crippen LogP contribution is -2.37. The minimum atomic E-state index is -4.70. The second kappa shape index (κ2) is 37.4. The summed E-state index contributed by atoms with van der Waals surface area (Å²) in [5.74, 6) is -1.77. The molecule has 64 heavy (non-hydrogen) atoms. The van der Waals surface area contributed by atoms with Crippen molar-refractivity contribution in [3.63, 3.8) is 0 Å². The Hall–Kier alpha value is -2.70. The van der Waals surface area contributed by atoms with E-state index in [4.69, 9.17) is 18.5 Å². The molecule has 1 unspecified atom stereocenters. The van der Waals surface area contributed by atoms with Crippen LogP contribution in [-0.4, -0.2) is 98.2 Å². The lowest BCUT2D eigenvalue weighted by molar-refractivity contribution is -0.870. The largest absolute Gasteiger partial charge is 0.756 e. The van der Waals surface area contributed by atoms with Crippen LogP contribution in [0.4, 0.5) is 0 Å². The van der Waals surface area contributed by atoms with Gasteiger partial charge in [0.25, 0.3) is 7.82 Å². The molecule has 1 saturated carbocycles. The number of hydrogen-bond acceptors (Lipinski definition) is 11. The van der Waals surface area contributed by atoms with Crippen LogP contribution in [-0.2, 0) is 37.5 Å². The average molecular weight is 922 g/mol. The zero-order valence-corrected chi connectivity index (χ0v) is 41.3. The number of carbonyl (C=O) groups is 3. The number of ether oxygens (including phenoxy) is 2. The molecule has 0 saturated heterocycles. The van der Waals surface area contributed by atoms with Crippen molar-refractivity contribution in [2.45, 2.75) is 186 Å². The van der Waals surface area contributed by atoms with E-state index < -0.39 is 44.7 Å². The van der Waals surface area contributed by atoms with E-state index >= 15 is 0 Å². The summed E-state index contributed by atoms with van der Waals surface area (Å²) in [5.41, 5.74) is 0. The van der Waals surface area contributed by atoms with Crippen molar-refractivity contribution < 1.29 is 57.1 Å². The van der Waals surface area contributed by atoms with Crippen molar-refractivity contribution in [1.82, 2.24) is 0 Å². The third-order valence-electron chi connectivity index (χ3n) is 11.1. The van der Waals surface area contributed by atoms with Crippen LogP contribution in [0, 0.1) is 11.8 Å². The Kier molecular flexibility index (Phi) is 34.7. The Balaban J connectivity index is 2.45. The molecular weight excluding hydrogens is 834 g/mol. The van der Waals surface area contributed by atoms with Crippen LogP contribution in [0.25, 0.3) is 0 Å². The Bertz CT molecular complexity index is 1440. The van der Waals surface area contributed by atoms with Crippen molar-refractivity contribution in [3.05, 3.63) is 60.8 Å². The Morgan fingerprint density at radius 3 is 1.97 bits per heavy atom. The topological polar surface area (TPSA) is 169 Å². The predicted molar refractivity (Wildman–Crippen MR) is 255 cm³/mol. The molecule has 1 aliphatic carbocycles. The van der Waals surface area contributed by atoms with Gasteiger partial charge >= 0.3 is 11.9 Å². The number of nitrogens with zero attached hydrogens (tertiary/aromatic N) is 1. The number of Topliss-reactive ketones (excluding diaryl/α,β-unsaturated/α-hetero) is 1. The number of rotatable bonds is 40. The summed E-state index contributed by atoms with van der Waals surface area (Å²) in [6, 6.07) is 0. The maximum Gasteiger partial charge on any atom is 0.306 e. The van der Waals surface area contributed by atoms with E-state index in [1.165, 1.54) is 32.1 Å². The summed E-state index contributed by atoms with van der Waals surface area (Å²) in [7, 11) is 1.00. The summed E-state index contributed by atoms with van der Waals surface area (Å²) in [6.07, 6.45) is 38.9. The molecule has 0 radical (unpaired) electrons. The number of carbonyl (C=O) groups excluding carboxylic acids is 3. The second-order valence-electron chi connectivity index (χ2n) is 18.2. The lowest BCUT2D eigenvalue weighted by Gasteiger charge is -2.28. The molecule has 0 amide bonds. The zero-order chi connectivity index (χ0) is 47.3. The number of phosphoric ester groups is 1. The van der Waals surface area contributed by atoms with E-state index in [2.05, 4.69) is 50.3 Å². The van der Waals surface area contributed by atoms with E-state index in [1.54, 1.807) is 12.2 Å². The minimum Gasteiger partial charge on any atom is -0.756 e. The first-order valence-electron chi connectivity index (χ1n) is 24.6. The van der Waals surface area contributed by atoms with Crippen LogP contribution in [0.3, 0.4) is 0 Å². The third kappa shape index (κ3) is 33.7. The third-order valence-corrected chi connectivity index (χ3v) is 12.1. The number of aliphatic hydroxyl groups excluding tert-OH is 2. The molecule has 0 aliphatic heterocycles. The summed E-state index contributed by atoms with van der Waals surface area (Å²) >= 11 is 0. The number of quaternary nitrogens is 1. The number of esters is 2. The molecule has 2 N–H and O–H groups in total. The van der Waals surface area contributed by atoms with Crippen molar-refractivity contribution in [2.24, 2.45) is 11.8 Å². The zero-order valence-electron chi connectivity index (χ0n) is 40.4. The van der Waals surface area contributed by atoms with Gasteiger partial charge in [0.2, 0.25) is 0 Å². The lowest BCUT2D eigenvalue weighted by atomic mass is 9.90. The van der Waals surface area contributed by atoms with Gasteiger partial charge in [0.15, 0.2) is 6.10 Å². The highest BCUT2D eigenvalue weighted by atomic mass is 31.2. The molecule has 1 rings (SSSR count). The van der Waals surface area contributed by atoms with Gasteiger partial charge in [0, 0.05) is 31.1 Å². The quantitative estimate of drug-likeness (QED) is 0.0197. The molecule has 0 spiro atoms. The number of unbranched alkanes of at least 4 members (excludes halogenated alkanes) is 13.